The molecule has 4 heteroatoms. The van der Waals surface area contributed by atoms with Gasteiger partial charge in [-0.3, -0.25) is 0 Å². The number of aliphatic hydroxyl groups is 1. The highest BCUT2D eigenvalue weighted by Crippen LogP contribution is 2.22. The largest absolute Gasteiger partial charge is 0.491 e. The third-order valence-corrected chi connectivity index (χ3v) is 3.00. The zero-order valence-corrected chi connectivity index (χ0v) is 12.3. The lowest BCUT2D eigenvalue weighted by Crippen LogP contribution is -2.06. The van der Waals surface area contributed by atoms with E-state index in [4.69, 9.17) is 9.84 Å². The van der Waals surface area contributed by atoms with Gasteiger partial charge in [-0.25, -0.2) is 4.39 Å². The van der Waals surface area contributed by atoms with E-state index in [9.17, 15) is 4.39 Å². The van der Waals surface area contributed by atoms with Crippen LogP contribution in [0.2, 0.25) is 0 Å². The summed E-state index contributed by atoms with van der Waals surface area (Å²) >= 11 is 0. The molecule has 0 saturated carbocycles. The van der Waals surface area contributed by atoms with Crippen molar-refractivity contribution in [3.63, 3.8) is 0 Å². The van der Waals surface area contributed by atoms with E-state index in [0.29, 0.717) is 18.0 Å². The van der Waals surface area contributed by atoms with E-state index in [1.807, 2.05) is 38.1 Å². The van der Waals surface area contributed by atoms with Crippen molar-refractivity contribution in [1.82, 2.24) is 0 Å². The number of halogens is 1. The highest BCUT2D eigenvalue weighted by molar-refractivity contribution is 5.48. The van der Waals surface area contributed by atoms with Gasteiger partial charge in [0.05, 0.1) is 18.4 Å². The molecule has 0 aliphatic heterocycles. The van der Waals surface area contributed by atoms with Crippen LogP contribution in [0, 0.1) is 5.82 Å². The smallest absolute Gasteiger partial charge is 0.149 e. The molecule has 0 fully saturated rings. The second-order valence-corrected chi connectivity index (χ2v) is 5.14. The summed E-state index contributed by atoms with van der Waals surface area (Å²) in [6.07, 6.45) is 0.0215. The Kier molecular flexibility index (Phi) is 5.17. The quantitative estimate of drug-likeness (QED) is 0.851. The van der Waals surface area contributed by atoms with Gasteiger partial charge in [0.15, 0.2) is 0 Å². The number of ether oxygens (including phenoxy) is 1. The van der Waals surface area contributed by atoms with Crippen LogP contribution in [-0.2, 0) is 13.2 Å². The van der Waals surface area contributed by atoms with Crippen LogP contribution >= 0.6 is 0 Å². The van der Waals surface area contributed by atoms with Gasteiger partial charge in [0, 0.05) is 12.6 Å². The molecule has 21 heavy (non-hydrogen) atoms. The van der Waals surface area contributed by atoms with Crippen LogP contribution in [0.1, 0.15) is 25.0 Å². The Morgan fingerprint density at radius 3 is 2.33 bits per heavy atom. The maximum atomic E-state index is 13.9. The van der Waals surface area contributed by atoms with E-state index in [2.05, 4.69) is 5.32 Å². The van der Waals surface area contributed by atoms with Crippen molar-refractivity contribution in [3.05, 3.63) is 59.4 Å². The summed E-state index contributed by atoms with van der Waals surface area (Å²) in [5.74, 6) is 0.195. The molecule has 0 bridgehead atoms. The Balaban J connectivity index is 1.99. The summed E-state index contributed by atoms with van der Waals surface area (Å²) in [4.78, 5) is 0. The predicted octanol–water partition coefficient (Wildman–Crippen LogP) is 3.72. The standard InChI is InChI=1S/C17H20FNO2/c1-12(2)21-15-7-8-17(16(18)9-15)19-10-13-3-5-14(11-20)6-4-13/h3-9,12,19-20H,10-11H2,1-2H3. The van der Waals surface area contributed by atoms with Gasteiger partial charge in [-0.05, 0) is 37.1 Å². The number of nitrogens with one attached hydrogen (secondary N) is 1. The van der Waals surface area contributed by atoms with Crippen molar-refractivity contribution in [2.75, 3.05) is 5.32 Å². The van der Waals surface area contributed by atoms with Crippen molar-refractivity contribution in [2.45, 2.75) is 33.1 Å². The Hall–Kier alpha value is -2.07. The lowest BCUT2D eigenvalue weighted by Gasteiger charge is -2.12. The lowest BCUT2D eigenvalue weighted by molar-refractivity contribution is 0.241. The lowest BCUT2D eigenvalue weighted by atomic mass is 10.1. The molecule has 0 aliphatic carbocycles. The summed E-state index contributed by atoms with van der Waals surface area (Å²) in [7, 11) is 0. The van der Waals surface area contributed by atoms with Crippen LogP contribution < -0.4 is 10.1 Å². The topological polar surface area (TPSA) is 41.5 Å². The molecule has 0 spiro atoms. The molecule has 2 aromatic carbocycles. The van der Waals surface area contributed by atoms with E-state index in [0.717, 1.165) is 11.1 Å². The second kappa shape index (κ2) is 7.09. The minimum atomic E-state index is -0.333. The molecule has 112 valence electrons. The molecular weight excluding hydrogens is 269 g/mol. The van der Waals surface area contributed by atoms with E-state index >= 15 is 0 Å². The maximum Gasteiger partial charge on any atom is 0.149 e. The van der Waals surface area contributed by atoms with Gasteiger partial charge in [-0.1, -0.05) is 24.3 Å². The molecule has 3 nitrogen and oxygen atoms in total. The number of rotatable bonds is 6. The predicted molar refractivity (Wildman–Crippen MR) is 81.9 cm³/mol. The zero-order chi connectivity index (χ0) is 15.2. The van der Waals surface area contributed by atoms with Crippen molar-refractivity contribution in [3.8, 4) is 5.75 Å². The van der Waals surface area contributed by atoms with Gasteiger partial charge < -0.3 is 15.2 Å². The first-order valence-corrected chi connectivity index (χ1v) is 6.97. The second-order valence-electron chi connectivity index (χ2n) is 5.14. The first-order chi connectivity index (χ1) is 10.1. The number of benzene rings is 2. The van der Waals surface area contributed by atoms with Crippen molar-refractivity contribution in [1.29, 1.82) is 0 Å². The Labute approximate surface area is 124 Å². The fraction of sp³-hybridized carbons (Fsp3) is 0.294. The molecule has 0 atom stereocenters. The summed E-state index contributed by atoms with van der Waals surface area (Å²) in [6.45, 7) is 4.35. The fourth-order valence-corrected chi connectivity index (χ4v) is 1.94. The van der Waals surface area contributed by atoms with Gasteiger partial charge in [0.1, 0.15) is 11.6 Å². The highest BCUT2D eigenvalue weighted by Gasteiger charge is 2.05. The Bertz CT molecular complexity index is 582. The Morgan fingerprint density at radius 1 is 1.10 bits per heavy atom. The molecular formula is C17H20FNO2. The van der Waals surface area contributed by atoms with E-state index in [1.165, 1.54) is 6.07 Å². The minimum absolute atomic E-state index is 0.0215. The molecule has 0 heterocycles. The monoisotopic (exact) mass is 289 g/mol. The molecule has 2 N–H and O–H groups in total. The van der Waals surface area contributed by atoms with Crippen LogP contribution in [0.3, 0.4) is 0 Å². The molecule has 2 aromatic rings. The normalized spacial score (nSPS) is 10.7. The molecule has 2 rings (SSSR count). The number of aliphatic hydroxyl groups excluding tert-OH is 1. The van der Waals surface area contributed by atoms with Crippen LogP contribution in [-0.4, -0.2) is 11.2 Å². The summed E-state index contributed by atoms with van der Waals surface area (Å²) in [5.41, 5.74) is 2.33. The van der Waals surface area contributed by atoms with Gasteiger partial charge in [-0.15, -0.1) is 0 Å². The van der Waals surface area contributed by atoms with Gasteiger partial charge in [-0.2, -0.15) is 0 Å². The SMILES string of the molecule is CC(C)Oc1ccc(NCc2ccc(CO)cc2)c(F)c1. The number of hydrogen-bond donors (Lipinski definition) is 2. The minimum Gasteiger partial charge on any atom is -0.491 e. The average molecular weight is 289 g/mol. The van der Waals surface area contributed by atoms with Crippen LogP contribution in [0.15, 0.2) is 42.5 Å². The van der Waals surface area contributed by atoms with Crippen LogP contribution in [0.5, 0.6) is 5.75 Å². The summed E-state index contributed by atoms with van der Waals surface area (Å²) in [6, 6.07) is 12.3. The highest BCUT2D eigenvalue weighted by atomic mass is 19.1. The average Bonchev–Trinajstić information content (AvgIpc) is 2.46. The molecule has 0 radical (unpaired) electrons. The first kappa shape index (κ1) is 15.3. The third kappa shape index (κ3) is 4.46. The third-order valence-electron chi connectivity index (χ3n) is 3.00. The van der Waals surface area contributed by atoms with Gasteiger partial charge in [0.25, 0.3) is 0 Å². The zero-order valence-electron chi connectivity index (χ0n) is 12.3. The summed E-state index contributed by atoms with van der Waals surface area (Å²) in [5, 5.41) is 12.0. The molecule has 0 unspecified atom stereocenters. The molecule has 0 aliphatic rings. The van der Waals surface area contributed by atoms with Crippen molar-refractivity contribution in [2.24, 2.45) is 0 Å². The number of hydrogen-bond acceptors (Lipinski definition) is 3. The van der Waals surface area contributed by atoms with Crippen LogP contribution in [0.25, 0.3) is 0 Å². The molecule has 0 aromatic heterocycles. The number of anilines is 1. The molecule has 0 amide bonds. The maximum absolute atomic E-state index is 13.9. The van der Waals surface area contributed by atoms with E-state index < -0.39 is 0 Å². The van der Waals surface area contributed by atoms with E-state index in [-0.39, 0.29) is 18.5 Å². The van der Waals surface area contributed by atoms with Crippen molar-refractivity contribution < 1.29 is 14.2 Å². The van der Waals surface area contributed by atoms with Crippen LogP contribution in [0.4, 0.5) is 10.1 Å². The van der Waals surface area contributed by atoms with Crippen molar-refractivity contribution >= 4 is 5.69 Å². The molecule has 0 saturated heterocycles. The fourth-order valence-electron chi connectivity index (χ4n) is 1.94. The summed E-state index contributed by atoms with van der Waals surface area (Å²) < 4.78 is 19.4. The Morgan fingerprint density at radius 2 is 1.76 bits per heavy atom. The van der Waals surface area contributed by atoms with Gasteiger partial charge >= 0.3 is 0 Å². The van der Waals surface area contributed by atoms with E-state index in [1.54, 1.807) is 12.1 Å². The van der Waals surface area contributed by atoms with Gasteiger partial charge in [0.2, 0.25) is 0 Å². The first-order valence-electron chi connectivity index (χ1n) is 6.97.